The molecule has 2 heteroatoms. The largest absolute Gasteiger partial charge is 0.349 e. The molecule has 0 aliphatic heterocycles. The van der Waals surface area contributed by atoms with Crippen LogP contribution in [0.1, 0.15) is 49.9 Å². The van der Waals surface area contributed by atoms with E-state index in [1.165, 1.54) is 16.7 Å². The molecule has 1 amide bonds. The van der Waals surface area contributed by atoms with Gasteiger partial charge in [-0.2, -0.15) is 0 Å². The summed E-state index contributed by atoms with van der Waals surface area (Å²) in [5.74, 6) is 0.158. The van der Waals surface area contributed by atoms with Crippen LogP contribution in [-0.2, 0) is 4.79 Å². The van der Waals surface area contributed by atoms with Crippen molar-refractivity contribution in [2.24, 2.45) is 5.92 Å². The number of carbonyl (C=O) groups is 1. The smallest absolute Gasteiger partial charge is 0.223 e. The van der Waals surface area contributed by atoms with E-state index < -0.39 is 0 Å². The molecular weight excluding hydrogens is 210 g/mol. The van der Waals surface area contributed by atoms with Crippen molar-refractivity contribution in [2.45, 2.75) is 47.1 Å². The molecule has 1 aromatic carbocycles. The number of hydrogen-bond acceptors (Lipinski definition) is 1. The predicted molar refractivity (Wildman–Crippen MR) is 71.9 cm³/mol. The van der Waals surface area contributed by atoms with Crippen LogP contribution in [0.25, 0.3) is 0 Å². The minimum atomic E-state index is 0.0376. The molecule has 0 radical (unpaired) electrons. The maximum absolute atomic E-state index is 11.7. The highest BCUT2D eigenvalue weighted by Crippen LogP contribution is 2.20. The van der Waals surface area contributed by atoms with Crippen LogP contribution in [-0.4, -0.2) is 5.91 Å². The molecule has 94 valence electrons. The highest BCUT2D eigenvalue weighted by molar-refractivity contribution is 5.78. The van der Waals surface area contributed by atoms with Gasteiger partial charge in [0.15, 0.2) is 0 Å². The molecule has 0 unspecified atom stereocenters. The Bertz CT molecular complexity index is 396. The van der Waals surface area contributed by atoms with Crippen molar-refractivity contribution in [3.8, 4) is 0 Å². The fourth-order valence-electron chi connectivity index (χ4n) is 1.74. The van der Waals surface area contributed by atoms with Crippen LogP contribution >= 0.6 is 0 Å². The second kappa shape index (κ2) is 5.85. The van der Waals surface area contributed by atoms with E-state index >= 15 is 0 Å². The van der Waals surface area contributed by atoms with Gasteiger partial charge in [-0.05, 0) is 37.0 Å². The Hall–Kier alpha value is -1.31. The van der Waals surface area contributed by atoms with E-state index in [-0.39, 0.29) is 17.9 Å². The number of rotatable bonds is 4. The predicted octanol–water partition coefficient (Wildman–Crippen LogP) is 3.53. The van der Waals surface area contributed by atoms with Crippen LogP contribution in [0, 0.1) is 19.8 Å². The summed E-state index contributed by atoms with van der Waals surface area (Å²) in [6, 6.07) is 6.53. The summed E-state index contributed by atoms with van der Waals surface area (Å²) in [6.45, 7) is 10.1. The van der Waals surface area contributed by atoms with Crippen LogP contribution in [0.2, 0.25) is 0 Å². The Morgan fingerprint density at radius 1 is 1.24 bits per heavy atom. The molecule has 2 nitrogen and oxygen atoms in total. The molecule has 1 N–H and O–H groups in total. The van der Waals surface area contributed by atoms with Gasteiger partial charge in [0.25, 0.3) is 0 Å². The van der Waals surface area contributed by atoms with Crippen LogP contribution in [0.3, 0.4) is 0 Å². The molecule has 0 saturated heterocycles. The second-order valence-electron chi connectivity index (χ2n) is 4.97. The molecule has 0 aliphatic carbocycles. The highest BCUT2D eigenvalue weighted by atomic mass is 16.1. The lowest BCUT2D eigenvalue weighted by atomic mass is 9.99. The number of benzene rings is 1. The third-order valence-electron chi connectivity index (χ3n) is 3.18. The first-order chi connectivity index (χ1) is 7.95. The lowest BCUT2D eigenvalue weighted by molar-refractivity contribution is -0.124. The Balaban J connectivity index is 2.86. The molecule has 1 atom stereocenters. The summed E-state index contributed by atoms with van der Waals surface area (Å²) in [5.41, 5.74) is 3.77. The van der Waals surface area contributed by atoms with Crippen molar-refractivity contribution < 1.29 is 4.79 Å². The van der Waals surface area contributed by atoms with E-state index in [9.17, 15) is 4.79 Å². The van der Waals surface area contributed by atoms with E-state index in [1.807, 2.05) is 13.8 Å². The maximum atomic E-state index is 11.7. The summed E-state index contributed by atoms with van der Waals surface area (Å²) < 4.78 is 0. The van der Waals surface area contributed by atoms with E-state index in [4.69, 9.17) is 0 Å². The van der Waals surface area contributed by atoms with Gasteiger partial charge in [-0.1, -0.05) is 39.0 Å². The number of hydrogen-bond donors (Lipinski definition) is 1. The summed E-state index contributed by atoms with van der Waals surface area (Å²) >= 11 is 0. The van der Waals surface area contributed by atoms with Crippen LogP contribution in [0.15, 0.2) is 18.2 Å². The zero-order chi connectivity index (χ0) is 13.0. The molecule has 0 spiro atoms. The molecule has 0 fully saturated rings. The minimum Gasteiger partial charge on any atom is -0.349 e. The number of amides is 1. The minimum absolute atomic E-state index is 0.0376. The maximum Gasteiger partial charge on any atom is 0.223 e. The number of aryl methyl sites for hydroxylation is 2. The van der Waals surface area contributed by atoms with Gasteiger partial charge in [0.1, 0.15) is 0 Å². The zero-order valence-electron chi connectivity index (χ0n) is 11.5. The third-order valence-corrected chi connectivity index (χ3v) is 3.18. The van der Waals surface area contributed by atoms with Crippen LogP contribution in [0.4, 0.5) is 0 Å². The third kappa shape index (κ3) is 3.58. The second-order valence-corrected chi connectivity index (χ2v) is 4.97. The summed E-state index contributed by atoms with van der Waals surface area (Å²) in [4.78, 5) is 11.7. The van der Waals surface area contributed by atoms with Gasteiger partial charge < -0.3 is 5.32 Å². The van der Waals surface area contributed by atoms with E-state index in [2.05, 4.69) is 44.3 Å². The van der Waals surface area contributed by atoms with Crippen molar-refractivity contribution in [1.82, 2.24) is 5.32 Å². The van der Waals surface area contributed by atoms with Crippen LogP contribution < -0.4 is 5.32 Å². The van der Waals surface area contributed by atoms with Crippen molar-refractivity contribution in [3.63, 3.8) is 0 Å². The Morgan fingerprint density at radius 2 is 1.88 bits per heavy atom. The van der Waals surface area contributed by atoms with E-state index in [0.717, 1.165) is 6.42 Å². The molecule has 0 saturated carbocycles. The molecule has 0 aliphatic rings. The highest BCUT2D eigenvalue weighted by Gasteiger charge is 2.15. The molecule has 1 aromatic rings. The first-order valence-electron chi connectivity index (χ1n) is 6.33. The Labute approximate surface area is 104 Å². The average molecular weight is 233 g/mol. The van der Waals surface area contributed by atoms with Crippen molar-refractivity contribution >= 4 is 5.91 Å². The molecule has 0 heterocycles. The van der Waals surface area contributed by atoms with E-state index in [1.54, 1.807) is 0 Å². The van der Waals surface area contributed by atoms with Crippen LogP contribution in [0.5, 0.6) is 0 Å². The quantitative estimate of drug-likeness (QED) is 0.847. The lowest BCUT2D eigenvalue weighted by Crippen LogP contribution is -2.31. The molecule has 17 heavy (non-hydrogen) atoms. The monoisotopic (exact) mass is 233 g/mol. The van der Waals surface area contributed by atoms with Gasteiger partial charge in [-0.3, -0.25) is 4.79 Å². The number of carbonyl (C=O) groups excluding carboxylic acids is 1. The first-order valence-corrected chi connectivity index (χ1v) is 6.33. The molecule has 0 aromatic heterocycles. The topological polar surface area (TPSA) is 29.1 Å². The summed E-state index contributed by atoms with van der Waals surface area (Å²) in [6.07, 6.45) is 0.918. The number of nitrogens with one attached hydrogen (secondary N) is 1. The average Bonchev–Trinajstić information content (AvgIpc) is 2.29. The first kappa shape index (κ1) is 13.8. The van der Waals surface area contributed by atoms with Gasteiger partial charge in [0.2, 0.25) is 5.91 Å². The fourth-order valence-corrected chi connectivity index (χ4v) is 1.74. The van der Waals surface area contributed by atoms with Gasteiger partial charge >= 0.3 is 0 Å². The van der Waals surface area contributed by atoms with Gasteiger partial charge in [0.05, 0.1) is 6.04 Å². The Kier molecular flexibility index (Phi) is 4.73. The molecular formula is C15H23NO. The van der Waals surface area contributed by atoms with Crippen molar-refractivity contribution in [1.29, 1.82) is 0 Å². The normalized spacial score (nSPS) is 12.6. The van der Waals surface area contributed by atoms with Gasteiger partial charge in [-0.25, -0.2) is 0 Å². The van der Waals surface area contributed by atoms with Gasteiger partial charge in [0, 0.05) is 5.92 Å². The Morgan fingerprint density at radius 3 is 2.35 bits per heavy atom. The SMILES string of the molecule is CC[C@@H](NC(=O)C(C)C)c1ccc(C)c(C)c1. The summed E-state index contributed by atoms with van der Waals surface area (Å²) in [7, 11) is 0. The summed E-state index contributed by atoms with van der Waals surface area (Å²) in [5, 5.41) is 3.09. The fraction of sp³-hybridized carbons (Fsp3) is 0.533. The van der Waals surface area contributed by atoms with Gasteiger partial charge in [-0.15, -0.1) is 0 Å². The van der Waals surface area contributed by atoms with Crippen molar-refractivity contribution in [3.05, 3.63) is 34.9 Å². The lowest BCUT2D eigenvalue weighted by Gasteiger charge is -2.19. The van der Waals surface area contributed by atoms with E-state index in [0.29, 0.717) is 0 Å². The zero-order valence-corrected chi connectivity index (χ0v) is 11.5. The van der Waals surface area contributed by atoms with Crippen molar-refractivity contribution in [2.75, 3.05) is 0 Å². The molecule has 0 bridgehead atoms. The standard InChI is InChI=1S/C15H23NO/c1-6-14(16-15(17)10(2)3)13-8-7-11(4)12(5)9-13/h7-10,14H,6H2,1-5H3,(H,16,17)/t14-/m1/s1. The molecule has 1 rings (SSSR count).